The van der Waals surface area contributed by atoms with Gasteiger partial charge in [-0.3, -0.25) is 9.78 Å². The minimum Gasteiger partial charge on any atom is -0.352 e. The molecule has 0 aliphatic carbocycles. The second kappa shape index (κ2) is 7.54. The molecule has 2 rings (SSSR count). The van der Waals surface area contributed by atoms with Crippen molar-refractivity contribution in [3.05, 3.63) is 54.1 Å². The summed E-state index contributed by atoms with van der Waals surface area (Å²) >= 11 is 0. The van der Waals surface area contributed by atoms with E-state index in [9.17, 15) is 9.18 Å². The molecule has 0 fully saturated rings. The molecule has 5 heteroatoms. The van der Waals surface area contributed by atoms with Crippen LogP contribution in [0.25, 0.3) is 0 Å². The molecule has 116 valence electrons. The molecule has 0 saturated heterocycles. The van der Waals surface area contributed by atoms with Crippen molar-refractivity contribution in [1.29, 1.82) is 0 Å². The van der Waals surface area contributed by atoms with Crippen LogP contribution < -0.4 is 10.6 Å². The van der Waals surface area contributed by atoms with E-state index in [1.807, 2.05) is 0 Å². The lowest BCUT2D eigenvalue weighted by molar-refractivity contribution is 0.0951. The molecule has 0 aliphatic heterocycles. The van der Waals surface area contributed by atoms with Crippen LogP contribution in [0.5, 0.6) is 0 Å². The summed E-state index contributed by atoms with van der Waals surface area (Å²) in [7, 11) is 0. The number of carbonyl (C=O) groups is 1. The Bertz CT molecular complexity index is 643. The zero-order valence-electron chi connectivity index (χ0n) is 12.8. The predicted octanol–water partition coefficient (Wildman–Crippen LogP) is 3.74. The summed E-state index contributed by atoms with van der Waals surface area (Å²) in [6.07, 6.45) is 3.97. The third-order valence-corrected chi connectivity index (χ3v) is 3.16. The first-order valence-electron chi connectivity index (χ1n) is 7.31. The zero-order valence-corrected chi connectivity index (χ0v) is 12.8. The Morgan fingerprint density at radius 2 is 2.05 bits per heavy atom. The molecule has 22 heavy (non-hydrogen) atoms. The first kappa shape index (κ1) is 15.9. The van der Waals surface area contributed by atoms with Gasteiger partial charge in [0.15, 0.2) is 0 Å². The fourth-order valence-electron chi connectivity index (χ4n) is 1.93. The smallest absolute Gasteiger partial charge is 0.252 e. The van der Waals surface area contributed by atoms with Crippen LogP contribution >= 0.6 is 0 Å². The Balaban J connectivity index is 2.03. The van der Waals surface area contributed by atoms with Gasteiger partial charge in [-0.05, 0) is 30.5 Å². The van der Waals surface area contributed by atoms with Crippen LogP contribution in [0.1, 0.15) is 30.6 Å². The van der Waals surface area contributed by atoms with E-state index in [2.05, 4.69) is 29.5 Å². The van der Waals surface area contributed by atoms with Crippen molar-refractivity contribution in [3.63, 3.8) is 0 Å². The number of aromatic nitrogens is 1. The molecule has 1 heterocycles. The van der Waals surface area contributed by atoms with Gasteiger partial charge in [0.1, 0.15) is 5.82 Å². The Morgan fingerprint density at radius 1 is 1.27 bits per heavy atom. The quantitative estimate of drug-likeness (QED) is 0.854. The highest BCUT2D eigenvalue weighted by Crippen LogP contribution is 2.19. The maximum absolute atomic E-state index is 13.6. The van der Waals surface area contributed by atoms with Crippen molar-refractivity contribution in [2.75, 3.05) is 11.9 Å². The number of amides is 1. The summed E-state index contributed by atoms with van der Waals surface area (Å²) in [6, 6.07) is 8.02. The first-order chi connectivity index (χ1) is 10.6. The Hall–Kier alpha value is -2.43. The number of nitrogens with zero attached hydrogens (tertiary/aromatic N) is 1. The third-order valence-electron chi connectivity index (χ3n) is 3.16. The van der Waals surface area contributed by atoms with Crippen molar-refractivity contribution < 1.29 is 9.18 Å². The molecular formula is C17H20FN3O. The number of carbonyl (C=O) groups excluding carboxylic acids is 1. The van der Waals surface area contributed by atoms with Crippen LogP contribution in [0.4, 0.5) is 15.8 Å². The molecule has 0 radical (unpaired) electrons. The molecule has 0 aliphatic rings. The molecule has 0 bridgehead atoms. The van der Waals surface area contributed by atoms with Crippen LogP contribution in [0.3, 0.4) is 0 Å². The summed E-state index contributed by atoms with van der Waals surface area (Å²) in [6.45, 7) is 4.83. The SMILES string of the molecule is CC(C)CCNC(=O)c1cncc(Nc2ccccc2F)c1. The summed E-state index contributed by atoms with van der Waals surface area (Å²) in [5, 5.41) is 5.78. The van der Waals surface area contributed by atoms with E-state index in [1.54, 1.807) is 30.5 Å². The van der Waals surface area contributed by atoms with Gasteiger partial charge in [-0.25, -0.2) is 4.39 Å². The summed E-state index contributed by atoms with van der Waals surface area (Å²) in [5.41, 5.74) is 1.37. The van der Waals surface area contributed by atoms with Gasteiger partial charge in [-0.1, -0.05) is 26.0 Å². The van der Waals surface area contributed by atoms with Crippen LogP contribution in [0.15, 0.2) is 42.7 Å². The number of rotatable bonds is 6. The lowest BCUT2D eigenvalue weighted by Gasteiger charge is -2.10. The van der Waals surface area contributed by atoms with Crippen molar-refractivity contribution in [2.24, 2.45) is 5.92 Å². The molecule has 1 amide bonds. The minimum atomic E-state index is -0.353. The number of pyridine rings is 1. The molecule has 1 aromatic carbocycles. The summed E-state index contributed by atoms with van der Waals surface area (Å²) in [5.74, 6) is 0.00658. The largest absolute Gasteiger partial charge is 0.352 e. The summed E-state index contributed by atoms with van der Waals surface area (Å²) < 4.78 is 13.6. The van der Waals surface area contributed by atoms with Gasteiger partial charge >= 0.3 is 0 Å². The number of para-hydroxylation sites is 1. The van der Waals surface area contributed by atoms with Gasteiger partial charge < -0.3 is 10.6 Å². The monoisotopic (exact) mass is 301 g/mol. The second-order valence-electron chi connectivity index (χ2n) is 5.51. The number of anilines is 2. The standard InChI is InChI=1S/C17H20FN3O/c1-12(2)7-8-20-17(22)13-9-14(11-19-10-13)21-16-6-4-3-5-15(16)18/h3-6,9-12,21H,7-8H2,1-2H3,(H,20,22). The van der Waals surface area contributed by atoms with Gasteiger partial charge in [0.05, 0.1) is 23.1 Å². The topological polar surface area (TPSA) is 54.0 Å². The minimum absolute atomic E-state index is 0.176. The van der Waals surface area contributed by atoms with Crippen molar-refractivity contribution >= 4 is 17.3 Å². The van der Waals surface area contributed by atoms with Gasteiger partial charge in [0, 0.05) is 12.7 Å². The first-order valence-corrected chi connectivity index (χ1v) is 7.31. The lowest BCUT2D eigenvalue weighted by Crippen LogP contribution is -2.25. The summed E-state index contributed by atoms with van der Waals surface area (Å²) in [4.78, 5) is 16.1. The predicted molar refractivity (Wildman–Crippen MR) is 85.7 cm³/mol. The van der Waals surface area contributed by atoms with Gasteiger partial charge in [0.2, 0.25) is 0 Å². The van der Waals surface area contributed by atoms with Crippen molar-refractivity contribution in [3.8, 4) is 0 Å². The molecule has 0 spiro atoms. The maximum atomic E-state index is 13.6. The van der Waals surface area contributed by atoms with Crippen LogP contribution in [-0.2, 0) is 0 Å². The normalized spacial score (nSPS) is 10.5. The molecule has 1 aromatic heterocycles. The van der Waals surface area contributed by atoms with E-state index in [0.29, 0.717) is 29.4 Å². The second-order valence-corrected chi connectivity index (χ2v) is 5.51. The average molecular weight is 301 g/mol. The average Bonchev–Trinajstić information content (AvgIpc) is 2.49. The Morgan fingerprint density at radius 3 is 2.77 bits per heavy atom. The van der Waals surface area contributed by atoms with Crippen LogP contribution in [0, 0.1) is 11.7 Å². The number of benzene rings is 1. The van der Waals surface area contributed by atoms with Gasteiger partial charge in [-0.15, -0.1) is 0 Å². The zero-order chi connectivity index (χ0) is 15.9. The molecule has 0 saturated carbocycles. The van der Waals surface area contributed by atoms with Gasteiger partial charge in [-0.2, -0.15) is 0 Å². The van der Waals surface area contributed by atoms with Gasteiger partial charge in [0.25, 0.3) is 5.91 Å². The highest BCUT2D eigenvalue weighted by molar-refractivity contribution is 5.94. The van der Waals surface area contributed by atoms with Crippen molar-refractivity contribution in [2.45, 2.75) is 20.3 Å². The van der Waals surface area contributed by atoms with E-state index < -0.39 is 0 Å². The highest BCUT2D eigenvalue weighted by atomic mass is 19.1. The van der Waals surface area contributed by atoms with E-state index in [4.69, 9.17) is 0 Å². The molecule has 2 N–H and O–H groups in total. The molecule has 2 aromatic rings. The number of nitrogens with one attached hydrogen (secondary N) is 2. The molecular weight excluding hydrogens is 281 g/mol. The number of hydrogen-bond acceptors (Lipinski definition) is 3. The fraction of sp³-hybridized carbons (Fsp3) is 0.294. The maximum Gasteiger partial charge on any atom is 0.252 e. The highest BCUT2D eigenvalue weighted by Gasteiger charge is 2.08. The molecule has 0 unspecified atom stereocenters. The number of hydrogen-bond donors (Lipinski definition) is 2. The van der Waals surface area contributed by atoms with E-state index in [-0.39, 0.29) is 11.7 Å². The van der Waals surface area contributed by atoms with E-state index in [1.165, 1.54) is 12.3 Å². The van der Waals surface area contributed by atoms with Crippen LogP contribution in [-0.4, -0.2) is 17.4 Å². The molecule has 4 nitrogen and oxygen atoms in total. The fourth-order valence-corrected chi connectivity index (χ4v) is 1.93. The Labute approximate surface area is 129 Å². The van der Waals surface area contributed by atoms with Crippen LogP contribution in [0.2, 0.25) is 0 Å². The lowest BCUT2D eigenvalue weighted by atomic mass is 10.1. The van der Waals surface area contributed by atoms with E-state index in [0.717, 1.165) is 6.42 Å². The Kier molecular flexibility index (Phi) is 5.47. The van der Waals surface area contributed by atoms with E-state index >= 15 is 0 Å². The molecule has 0 atom stereocenters. The number of halogens is 1. The third kappa shape index (κ3) is 4.55. The van der Waals surface area contributed by atoms with Crippen molar-refractivity contribution in [1.82, 2.24) is 10.3 Å².